The zero-order valence-corrected chi connectivity index (χ0v) is 17.0. The highest BCUT2D eigenvalue weighted by molar-refractivity contribution is 5.88. The quantitative estimate of drug-likeness (QED) is 0.774. The number of halogens is 3. The number of nitrogens with one attached hydrogen (secondary N) is 1. The molecular formula is C18H24F3N7O2. The third-order valence-electron chi connectivity index (χ3n) is 5.27. The molecule has 1 saturated heterocycles. The minimum Gasteiger partial charge on any atom is -0.355 e. The monoisotopic (exact) mass is 427 g/mol. The molecule has 1 fully saturated rings. The summed E-state index contributed by atoms with van der Waals surface area (Å²) >= 11 is 0. The first-order valence-corrected chi connectivity index (χ1v) is 9.71. The van der Waals surface area contributed by atoms with Crippen LogP contribution in [0.25, 0.3) is 5.65 Å². The number of likely N-dealkylation sites (N-methyl/N-ethyl adjacent to an activating group) is 1. The summed E-state index contributed by atoms with van der Waals surface area (Å²) in [4.78, 5) is 28.0. The Kier molecular flexibility index (Phi) is 6.13. The predicted octanol–water partition coefficient (Wildman–Crippen LogP) is 1.34. The SMILES string of the molecule is CCN(C)C(=O)[C@H](C)NC(=O)C1CCN(c2ccc3nnc(C(F)(F)F)n3n2)CC1. The van der Waals surface area contributed by atoms with Crippen LogP contribution >= 0.6 is 0 Å². The Labute approximate surface area is 171 Å². The molecule has 30 heavy (non-hydrogen) atoms. The van der Waals surface area contributed by atoms with Crippen LogP contribution < -0.4 is 10.2 Å². The van der Waals surface area contributed by atoms with Crippen molar-refractivity contribution in [3.05, 3.63) is 18.0 Å². The van der Waals surface area contributed by atoms with Crippen LogP contribution in [-0.4, -0.2) is 69.2 Å². The predicted molar refractivity (Wildman–Crippen MR) is 102 cm³/mol. The molecule has 12 heteroatoms. The Morgan fingerprint density at radius 2 is 1.93 bits per heavy atom. The number of piperidine rings is 1. The molecule has 1 aliphatic rings. The zero-order valence-electron chi connectivity index (χ0n) is 17.0. The van der Waals surface area contributed by atoms with Crippen molar-refractivity contribution in [1.29, 1.82) is 0 Å². The minimum atomic E-state index is -4.66. The number of carbonyl (C=O) groups excluding carboxylic acids is 2. The Hall–Kier alpha value is -2.92. The van der Waals surface area contributed by atoms with Crippen LogP contribution in [0.4, 0.5) is 19.0 Å². The summed E-state index contributed by atoms with van der Waals surface area (Å²) < 4.78 is 39.8. The number of hydrogen-bond donors (Lipinski definition) is 1. The number of anilines is 1. The van der Waals surface area contributed by atoms with Crippen LogP contribution in [-0.2, 0) is 15.8 Å². The lowest BCUT2D eigenvalue weighted by molar-refractivity contribution is -0.146. The maximum atomic E-state index is 13.1. The molecule has 2 aromatic rings. The third kappa shape index (κ3) is 4.46. The Morgan fingerprint density at radius 3 is 2.53 bits per heavy atom. The Balaban J connectivity index is 1.63. The molecule has 3 heterocycles. The highest BCUT2D eigenvalue weighted by Gasteiger charge is 2.38. The number of hydrogen-bond acceptors (Lipinski definition) is 6. The molecule has 0 aliphatic carbocycles. The second kappa shape index (κ2) is 8.44. The molecule has 164 valence electrons. The summed E-state index contributed by atoms with van der Waals surface area (Å²) in [5, 5.41) is 13.5. The number of alkyl halides is 3. The molecule has 0 spiro atoms. The van der Waals surface area contributed by atoms with Gasteiger partial charge in [0.2, 0.25) is 11.8 Å². The van der Waals surface area contributed by atoms with Gasteiger partial charge in [-0.2, -0.15) is 17.7 Å². The first kappa shape index (κ1) is 21.8. The maximum Gasteiger partial charge on any atom is 0.453 e. The van der Waals surface area contributed by atoms with Crippen LogP contribution in [0.2, 0.25) is 0 Å². The molecule has 2 aromatic heterocycles. The molecule has 2 amide bonds. The Morgan fingerprint density at radius 1 is 1.27 bits per heavy atom. The van der Waals surface area contributed by atoms with E-state index in [4.69, 9.17) is 0 Å². The lowest BCUT2D eigenvalue weighted by Gasteiger charge is -2.32. The van der Waals surface area contributed by atoms with E-state index in [0.29, 0.717) is 42.8 Å². The minimum absolute atomic E-state index is 0.0102. The van der Waals surface area contributed by atoms with Gasteiger partial charge < -0.3 is 15.1 Å². The van der Waals surface area contributed by atoms with Crippen LogP contribution in [0.1, 0.15) is 32.5 Å². The second-order valence-electron chi connectivity index (χ2n) is 7.33. The van der Waals surface area contributed by atoms with Crippen LogP contribution in [0, 0.1) is 5.92 Å². The number of rotatable bonds is 5. The van der Waals surface area contributed by atoms with Crippen molar-refractivity contribution >= 4 is 23.3 Å². The van der Waals surface area contributed by atoms with Crippen molar-refractivity contribution in [1.82, 2.24) is 30.0 Å². The fourth-order valence-corrected chi connectivity index (χ4v) is 3.37. The van der Waals surface area contributed by atoms with Gasteiger partial charge in [-0.1, -0.05) is 0 Å². The van der Waals surface area contributed by atoms with E-state index in [2.05, 4.69) is 20.6 Å². The van der Waals surface area contributed by atoms with Gasteiger partial charge in [-0.15, -0.1) is 15.3 Å². The largest absolute Gasteiger partial charge is 0.453 e. The van der Waals surface area contributed by atoms with Crippen molar-refractivity contribution < 1.29 is 22.8 Å². The molecule has 3 rings (SSSR count). The van der Waals surface area contributed by atoms with Gasteiger partial charge >= 0.3 is 6.18 Å². The van der Waals surface area contributed by atoms with Gasteiger partial charge in [-0.25, -0.2) is 0 Å². The first-order chi connectivity index (χ1) is 14.1. The van der Waals surface area contributed by atoms with E-state index in [-0.39, 0.29) is 23.4 Å². The van der Waals surface area contributed by atoms with Gasteiger partial charge in [-0.05, 0) is 38.8 Å². The van der Waals surface area contributed by atoms with Crippen molar-refractivity contribution in [2.75, 3.05) is 31.6 Å². The highest BCUT2D eigenvalue weighted by atomic mass is 19.4. The molecule has 9 nitrogen and oxygen atoms in total. The fourth-order valence-electron chi connectivity index (χ4n) is 3.37. The van der Waals surface area contributed by atoms with Crippen molar-refractivity contribution in [2.45, 2.75) is 38.9 Å². The van der Waals surface area contributed by atoms with Gasteiger partial charge in [0.15, 0.2) is 5.65 Å². The number of carbonyl (C=O) groups is 2. The number of aromatic nitrogens is 4. The van der Waals surface area contributed by atoms with Crippen LogP contribution in [0.3, 0.4) is 0 Å². The van der Waals surface area contributed by atoms with Crippen molar-refractivity contribution in [3.63, 3.8) is 0 Å². The standard InChI is InChI=1S/C18H24F3N7O2/c1-4-26(3)16(30)11(2)22-15(29)12-7-9-27(10-8-12)14-6-5-13-23-24-17(18(19,20)21)28(13)25-14/h5-6,11-12H,4,7-10H2,1-3H3,(H,22,29)/t11-/m0/s1. The maximum absolute atomic E-state index is 13.1. The molecule has 1 N–H and O–H groups in total. The Bertz CT molecular complexity index is 922. The topological polar surface area (TPSA) is 95.7 Å². The van der Waals surface area contributed by atoms with E-state index in [9.17, 15) is 22.8 Å². The van der Waals surface area contributed by atoms with Gasteiger partial charge in [0.05, 0.1) is 0 Å². The third-order valence-corrected chi connectivity index (χ3v) is 5.27. The zero-order chi connectivity index (χ0) is 22.1. The van der Waals surface area contributed by atoms with Crippen molar-refractivity contribution in [2.24, 2.45) is 5.92 Å². The number of fused-ring (bicyclic) bond motifs is 1. The van der Waals surface area contributed by atoms with Gasteiger partial charge in [0, 0.05) is 32.6 Å². The summed E-state index contributed by atoms with van der Waals surface area (Å²) in [5.41, 5.74) is 0.0102. The summed E-state index contributed by atoms with van der Waals surface area (Å²) in [6.45, 7) is 4.97. The highest BCUT2D eigenvalue weighted by Crippen LogP contribution is 2.28. The lowest BCUT2D eigenvalue weighted by atomic mass is 9.95. The van der Waals surface area contributed by atoms with E-state index in [1.165, 1.54) is 11.0 Å². The van der Waals surface area contributed by atoms with Gasteiger partial charge in [-0.3, -0.25) is 9.59 Å². The summed E-state index contributed by atoms with van der Waals surface area (Å²) in [7, 11) is 1.67. The van der Waals surface area contributed by atoms with E-state index in [0.717, 1.165) is 0 Å². The second-order valence-corrected chi connectivity index (χ2v) is 7.33. The summed E-state index contributed by atoms with van der Waals surface area (Å²) in [6.07, 6.45) is -3.65. The number of amides is 2. The van der Waals surface area contributed by atoms with Gasteiger partial charge in [0.1, 0.15) is 11.9 Å². The lowest BCUT2D eigenvalue weighted by Crippen LogP contribution is -2.49. The van der Waals surface area contributed by atoms with Crippen molar-refractivity contribution in [3.8, 4) is 0 Å². The van der Waals surface area contributed by atoms with Gasteiger partial charge in [0.25, 0.3) is 5.82 Å². The molecule has 0 radical (unpaired) electrons. The molecule has 1 atom stereocenters. The first-order valence-electron chi connectivity index (χ1n) is 9.71. The average molecular weight is 427 g/mol. The molecule has 0 aromatic carbocycles. The van der Waals surface area contributed by atoms with Crippen LogP contribution in [0.5, 0.6) is 0 Å². The molecule has 0 bridgehead atoms. The molecular weight excluding hydrogens is 403 g/mol. The van der Waals surface area contributed by atoms with E-state index >= 15 is 0 Å². The van der Waals surface area contributed by atoms with E-state index < -0.39 is 18.0 Å². The molecule has 1 aliphatic heterocycles. The fraction of sp³-hybridized carbons (Fsp3) is 0.611. The summed E-state index contributed by atoms with van der Waals surface area (Å²) in [5.74, 6) is -1.44. The van der Waals surface area contributed by atoms with Crippen LogP contribution in [0.15, 0.2) is 12.1 Å². The van der Waals surface area contributed by atoms with E-state index in [1.54, 1.807) is 20.0 Å². The average Bonchev–Trinajstić information content (AvgIpc) is 3.16. The molecule has 0 saturated carbocycles. The molecule has 0 unspecified atom stereocenters. The smallest absolute Gasteiger partial charge is 0.355 e. The summed E-state index contributed by atoms with van der Waals surface area (Å²) in [6, 6.07) is 2.41. The number of nitrogens with zero attached hydrogens (tertiary/aromatic N) is 6. The normalized spacial score (nSPS) is 16.5. The van der Waals surface area contributed by atoms with E-state index in [1.807, 2.05) is 11.8 Å².